The molecule has 17 heavy (non-hydrogen) atoms. The van der Waals surface area contributed by atoms with E-state index in [1.807, 2.05) is 0 Å². The molecular weight excluding hydrogens is 208 g/mol. The fourth-order valence-corrected chi connectivity index (χ4v) is 3.86. The zero-order valence-corrected chi connectivity index (χ0v) is 11.5. The van der Waals surface area contributed by atoms with Crippen molar-refractivity contribution in [3.63, 3.8) is 0 Å². The molecule has 98 valence electrons. The van der Waals surface area contributed by atoms with E-state index >= 15 is 0 Å². The van der Waals surface area contributed by atoms with E-state index in [1.165, 1.54) is 58.2 Å². The van der Waals surface area contributed by atoms with Gasteiger partial charge in [0.05, 0.1) is 0 Å². The summed E-state index contributed by atoms with van der Waals surface area (Å²) >= 11 is 0. The highest BCUT2D eigenvalue weighted by molar-refractivity contribution is 5.00. The van der Waals surface area contributed by atoms with Crippen LogP contribution in [0, 0.1) is 11.8 Å². The highest BCUT2D eigenvalue weighted by Gasteiger charge is 2.41. The fraction of sp³-hybridized carbons (Fsp3) is 1.00. The molecule has 0 bridgehead atoms. The maximum absolute atomic E-state index is 3.88. The van der Waals surface area contributed by atoms with E-state index in [1.54, 1.807) is 0 Å². The summed E-state index contributed by atoms with van der Waals surface area (Å²) < 4.78 is 0. The quantitative estimate of drug-likeness (QED) is 0.793. The zero-order chi connectivity index (χ0) is 11.9. The molecule has 3 atom stereocenters. The van der Waals surface area contributed by atoms with Gasteiger partial charge in [0.25, 0.3) is 0 Å². The Bertz CT molecular complexity index is 270. The van der Waals surface area contributed by atoms with Crippen LogP contribution < -0.4 is 5.32 Å². The van der Waals surface area contributed by atoms with Crippen LogP contribution in [-0.4, -0.2) is 36.1 Å². The minimum Gasteiger partial charge on any atom is -0.308 e. The molecule has 1 heterocycles. The van der Waals surface area contributed by atoms with E-state index in [0.29, 0.717) is 5.54 Å². The Morgan fingerprint density at radius 3 is 2.53 bits per heavy atom. The summed E-state index contributed by atoms with van der Waals surface area (Å²) in [5.74, 6) is 2.01. The van der Waals surface area contributed by atoms with Crippen molar-refractivity contribution in [3.8, 4) is 0 Å². The molecule has 0 aromatic carbocycles. The molecule has 3 fully saturated rings. The summed E-state index contributed by atoms with van der Waals surface area (Å²) in [7, 11) is 0. The maximum Gasteiger partial charge on any atom is 0.0309 e. The van der Waals surface area contributed by atoms with E-state index < -0.39 is 0 Å². The monoisotopic (exact) mass is 236 g/mol. The van der Waals surface area contributed by atoms with Crippen LogP contribution in [-0.2, 0) is 0 Å². The van der Waals surface area contributed by atoms with Gasteiger partial charge in [0, 0.05) is 31.2 Å². The summed E-state index contributed by atoms with van der Waals surface area (Å²) in [6.07, 6.45) is 8.64. The van der Waals surface area contributed by atoms with Crippen molar-refractivity contribution in [2.45, 2.75) is 64.0 Å². The lowest BCUT2D eigenvalue weighted by atomic mass is 9.79. The average Bonchev–Trinajstić information content (AvgIpc) is 3.01. The van der Waals surface area contributed by atoms with Crippen molar-refractivity contribution < 1.29 is 0 Å². The molecule has 1 saturated heterocycles. The molecule has 0 amide bonds. The molecule has 3 aliphatic rings. The van der Waals surface area contributed by atoms with Gasteiger partial charge in [-0.3, -0.25) is 4.90 Å². The first-order valence-electron chi connectivity index (χ1n) is 7.68. The predicted octanol–water partition coefficient (Wildman–Crippen LogP) is 2.64. The fourth-order valence-electron chi connectivity index (χ4n) is 3.86. The van der Waals surface area contributed by atoms with Gasteiger partial charge < -0.3 is 5.32 Å². The Balaban J connectivity index is 1.61. The topological polar surface area (TPSA) is 15.3 Å². The van der Waals surface area contributed by atoms with E-state index in [9.17, 15) is 0 Å². The zero-order valence-electron chi connectivity index (χ0n) is 11.5. The third kappa shape index (κ3) is 2.53. The second-order valence-electron chi connectivity index (χ2n) is 6.97. The standard InChI is InChI=1S/C15H28N2/c1-12-8-14(12)10-17-11-15(16-9-13(17)2)6-4-3-5-7-15/h12-14,16H,3-11H2,1-2H3. The molecule has 0 aromatic heterocycles. The van der Waals surface area contributed by atoms with Crippen molar-refractivity contribution in [2.24, 2.45) is 11.8 Å². The van der Waals surface area contributed by atoms with Gasteiger partial charge in [0.15, 0.2) is 0 Å². The number of piperazine rings is 1. The van der Waals surface area contributed by atoms with Crippen molar-refractivity contribution in [2.75, 3.05) is 19.6 Å². The number of nitrogens with zero attached hydrogens (tertiary/aromatic N) is 1. The first-order chi connectivity index (χ1) is 8.19. The van der Waals surface area contributed by atoms with Gasteiger partial charge in [-0.1, -0.05) is 26.2 Å². The van der Waals surface area contributed by atoms with Crippen LogP contribution in [0.25, 0.3) is 0 Å². The third-order valence-corrected chi connectivity index (χ3v) is 5.46. The smallest absolute Gasteiger partial charge is 0.0309 e. The molecule has 3 unspecified atom stereocenters. The maximum atomic E-state index is 3.88. The molecule has 2 nitrogen and oxygen atoms in total. The number of hydrogen-bond acceptors (Lipinski definition) is 2. The lowest BCUT2D eigenvalue weighted by Crippen LogP contribution is -2.64. The summed E-state index contributed by atoms with van der Waals surface area (Å²) in [6.45, 7) is 8.70. The summed E-state index contributed by atoms with van der Waals surface area (Å²) in [5.41, 5.74) is 0.489. The SMILES string of the molecule is CC1CC1CN1CC2(CCCCC2)NCC1C. The Morgan fingerprint density at radius 1 is 1.18 bits per heavy atom. The molecule has 0 radical (unpaired) electrons. The van der Waals surface area contributed by atoms with Gasteiger partial charge >= 0.3 is 0 Å². The van der Waals surface area contributed by atoms with Crippen LogP contribution in [0.3, 0.4) is 0 Å². The Kier molecular flexibility index (Phi) is 3.20. The summed E-state index contributed by atoms with van der Waals surface area (Å²) in [5, 5.41) is 3.88. The highest BCUT2D eigenvalue weighted by atomic mass is 15.3. The summed E-state index contributed by atoms with van der Waals surface area (Å²) in [6, 6.07) is 0.746. The lowest BCUT2D eigenvalue weighted by Gasteiger charge is -2.49. The Labute approximate surface area is 106 Å². The molecule has 2 aliphatic carbocycles. The van der Waals surface area contributed by atoms with Crippen molar-refractivity contribution in [1.82, 2.24) is 10.2 Å². The second kappa shape index (κ2) is 4.55. The first-order valence-corrected chi connectivity index (χ1v) is 7.68. The molecule has 3 rings (SSSR count). The normalized spacial score (nSPS) is 41.6. The van der Waals surface area contributed by atoms with Crippen LogP contribution in [0.4, 0.5) is 0 Å². The van der Waals surface area contributed by atoms with E-state index in [4.69, 9.17) is 0 Å². The lowest BCUT2D eigenvalue weighted by molar-refractivity contribution is 0.0586. The number of nitrogens with one attached hydrogen (secondary N) is 1. The number of rotatable bonds is 2. The van der Waals surface area contributed by atoms with Gasteiger partial charge in [-0.05, 0) is 38.0 Å². The van der Waals surface area contributed by atoms with Crippen LogP contribution in [0.2, 0.25) is 0 Å². The van der Waals surface area contributed by atoms with Gasteiger partial charge in [0.2, 0.25) is 0 Å². The molecular formula is C15H28N2. The number of hydrogen-bond donors (Lipinski definition) is 1. The van der Waals surface area contributed by atoms with Gasteiger partial charge in [0.1, 0.15) is 0 Å². The van der Waals surface area contributed by atoms with Gasteiger partial charge in [-0.2, -0.15) is 0 Å². The van der Waals surface area contributed by atoms with E-state index in [-0.39, 0.29) is 0 Å². The van der Waals surface area contributed by atoms with Crippen LogP contribution in [0.1, 0.15) is 52.4 Å². The van der Waals surface area contributed by atoms with Crippen molar-refractivity contribution in [1.29, 1.82) is 0 Å². The Hall–Kier alpha value is -0.0800. The third-order valence-electron chi connectivity index (χ3n) is 5.46. The average molecular weight is 236 g/mol. The predicted molar refractivity (Wildman–Crippen MR) is 72.1 cm³/mol. The Morgan fingerprint density at radius 2 is 1.88 bits per heavy atom. The summed E-state index contributed by atoms with van der Waals surface area (Å²) in [4.78, 5) is 2.79. The largest absolute Gasteiger partial charge is 0.308 e. The van der Waals surface area contributed by atoms with Crippen LogP contribution in [0.15, 0.2) is 0 Å². The van der Waals surface area contributed by atoms with Crippen molar-refractivity contribution >= 4 is 0 Å². The molecule has 1 spiro atoms. The molecule has 0 aromatic rings. The molecule has 1 N–H and O–H groups in total. The van der Waals surface area contributed by atoms with E-state index in [0.717, 1.165) is 17.9 Å². The second-order valence-corrected chi connectivity index (χ2v) is 6.97. The van der Waals surface area contributed by atoms with E-state index in [2.05, 4.69) is 24.1 Å². The van der Waals surface area contributed by atoms with Gasteiger partial charge in [-0.25, -0.2) is 0 Å². The molecule has 2 saturated carbocycles. The van der Waals surface area contributed by atoms with Gasteiger partial charge in [-0.15, -0.1) is 0 Å². The van der Waals surface area contributed by atoms with Crippen LogP contribution >= 0.6 is 0 Å². The minimum atomic E-state index is 0.489. The van der Waals surface area contributed by atoms with Crippen LogP contribution in [0.5, 0.6) is 0 Å². The van der Waals surface area contributed by atoms with Crippen molar-refractivity contribution in [3.05, 3.63) is 0 Å². The first kappa shape index (κ1) is 12.0. The minimum absolute atomic E-state index is 0.489. The highest BCUT2D eigenvalue weighted by Crippen LogP contribution is 2.40. The molecule has 1 aliphatic heterocycles. The molecule has 2 heteroatoms.